The number of aliphatic imine (C=N–C) groups is 1. The van der Waals surface area contributed by atoms with Gasteiger partial charge in [0, 0.05) is 24.3 Å². The zero-order valence-corrected chi connectivity index (χ0v) is 25.2. The van der Waals surface area contributed by atoms with E-state index in [9.17, 15) is 36.0 Å². The number of anilines is 1. The summed E-state index contributed by atoms with van der Waals surface area (Å²) in [5.74, 6) is -1.17. The standard InChI is InChI=1S/C29H30F3N5O7S/c1-17-13-20(37-26(40)34-25(39)28(37)15-43-16-28)14-18(2)22(17)7-12-45(41,42)36-10-8-27(9-11-36)24(38)33-23(35-27)19-3-5-21(6-4-19)44-29(30,31)32/h3-6,13-14H,7-12,15-16H2,1-2H3,(H,33,35,38)(H,34,39,40). The van der Waals surface area contributed by atoms with Gasteiger partial charge in [-0.2, -0.15) is 0 Å². The first-order valence-electron chi connectivity index (χ1n) is 14.2. The van der Waals surface area contributed by atoms with Crippen LogP contribution in [0.3, 0.4) is 0 Å². The summed E-state index contributed by atoms with van der Waals surface area (Å²) in [5.41, 5.74) is 1.07. The monoisotopic (exact) mass is 649 g/mol. The van der Waals surface area contributed by atoms with E-state index in [-0.39, 0.29) is 63.1 Å². The van der Waals surface area contributed by atoms with Crippen molar-refractivity contribution >= 4 is 39.4 Å². The number of carbonyl (C=O) groups excluding carboxylic acids is 3. The number of hydrogen-bond donors (Lipinski definition) is 2. The number of urea groups is 1. The van der Waals surface area contributed by atoms with Crippen LogP contribution in [-0.2, 0) is 30.8 Å². The zero-order valence-electron chi connectivity index (χ0n) is 24.4. The van der Waals surface area contributed by atoms with Gasteiger partial charge in [-0.25, -0.2) is 17.5 Å². The first kappa shape index (κ1) is 31.0. The second-order valence-corrected chi connectivity index (χ2v) is 13.7. The third kappa shape index (κ3) is 5.55. The minimum Gasteiger partial charge on any atom is -0.406 e. The first-order valence-corrected chi connectivity index (χ1v) is 15.8. The summed E-state index contributed by atoms with van der Waals surface area (Å²) in [7, 11) is -3.71. The number of alkyl halides is 3. The molecule has 16 heteroatoms. The van der Waals surface area contributed by atoms with Crippen LogP contribution in [0.25, 0.3) is 0 Å². The fourth-order valence-corrected chi connectivity index (χ4v) is 7.74. The molecule has 240 valence electrons. The Morgan fingerprint density at radius 3 is 2.16 bits per heavy atom. The number of nitrogens with zero attached hydrogens (tertiary/aromatic N) is 3. The fraction of sp³-hybridized carbons (Fsp3) is 0.448. The lowest BCUT2D eigenvalue weighted by Crippen LogP contribution is -2.64. The molecule has 3 saturated heterocycles. The maximum absolute atomic E-state index is 13.4. The summed E-state index contributed by atoms with van der Waals surface area (Å²) in [6.45, 7) is 4.00. The molecule has 4 heterocycles. The number of benzene rings is 2. The Labute approximate surface area is 256 Å². The van der Waals surface area contributed by atoms with Gasteiger partial charge in [0.1, 0.15) is 17.1 Å². The van der Waals surface area contributed by atoms with Crippen LogP contribution in [0.4, 0.5) is 23.7 Å². The maximum atomic E-state index is 13.4. The Morgan fingerprint density at radius 1 is 0.978 bits per heavy atom. The molecule has 6 rings (SSSR count). The molecule has 2 aromatic carbocycles. The normalized spacial score (nSPS) is 21.1. The lowest BCUT2D eigenvalue weighted by atomic mass is 9.89. The van der Waals surface area contributed by atoms with E-state index in [1.165, 1.54) is 21.3 Å². The summed E-state index contributed by atoms with van der Waals surface area (Å²) in [6.07, 6.45) is -4.32. The molecule has 3 fully saturated rings. The Bertz CT molecular complexity index is 1690. The van der Waals surface area contributed by atoms with Crippen molar-refractivity contribution in [2.45, 2.75) is 50.6 Å². The molecule has 0 saturated carbocycles. The molecule has 0 bridgehead atoms. The number of rotatable bonds is 7. The van der Waals surface area contributed by atoms with Crippen LogP contribution >= 0.6 is 0 Å². The number of hydrogen-bond acceptors (Lipinski definition) is 8. The highest BCUT2D eigenvalue weighted by Gasteiger charge is 2.59. The van der Waals surface area contributed by atoms with Crippen LogP contribution in [0.5, 0.6) is 5.75 Å². The van der Waals surface area contributed by atoms with E-state index in [2.05, 4.69) is 20.4 Å². The van der Waals surface area contributed by atoms with Crippen LogP contribution in [0.1, 0.15) is 35.1 Å². The van der Waals surface area contributed by atoms with Crippen molar-refractivity contribution in [3.8, 4) is 5.75 Å². The van der Waals surface area contributed by atoms with Crippen molar-refractivity contribution in [2.24, 2.45) is 4.99 Å². The van der Waals surface area contributed by atoms with Crippen LogP contribution in [0.15, 0.2) is 41.4 Å². The van der Waals surface area contributed by atoms with Gasteiger partial charge in [-0.05, 0) is 86.2 Å². The molecule has 0 radical (unpaired) electrons. The van der Waals surface area contributed by atoms with Gasteiger partial charge in [-0.1, -0.05) is 0 Å². The van der Waals surface area contributed by atoms with E-state index in [4.69, 9.17) is 4.74 Å². The van der Waals surface area contributed by atoms with Crippen molar-refractivity contribution in [1.29, 1.82) is 0 Å². The van der Waals surface area contributed by atoms with E-state index in [0.717, 1.165) is 28.8 Å². The molecule has 0 aromatic heterocycles. The van der Waals surface area contributed by atoms with E-state index >= 15 is 0 Å². The quantitative estimate of drug-likeness (QED) is 0.438. The number of ether oxygens (including phenoxy) is 2. The molecule has 0 aliphatic carbocycles. The molecule has 0 unspecified atom stereocenters. The van der Waals surface area contributed by atoms with Crippen molar-refractivity contribution in [1.82, 2.24) is 14.9 Å². The van der Waals surface area contributed by atoms with E-state index < -0.39 is 45.2 Å². The largest absolute Gasteiger partial charge is 0.573 e. The number of nitrogens with one attached hydrogen (secondary N) is 2. The number of piperidine rings is 1. The maximum Gasteiger partial charge on any atom is 0.573 e. The molecule has 4 aliphatic rings. The Hall–Kier alpha value is -4.02. The molecule has 2 N–H and O–H groups in total. The van der Waals surface area contributed by atoms with E-state index in [0.29, 0.717) is 11.3 Å². The second kappa shape index (κ2) is 10.8. The third-order valence-electron chi connectivity index (χ3n) is 8.79. The summed E-state index contributed by atoms with van der Waals surface area (Å²) in [5, 5.41) is 5.02. The van der Waals surface area contributed by atoms with Gasteiger partial charge >= 0.3 is 12.4 Å². The summed E-state index contributed by atoms with van der Waals surface area (Å²) in [6, 6.07) is 7.97. The molecule has 2 aromatic rings. The number of amides is 4. The summed E-state index contributed by atoms with van der Waals surface area (Å²) in [4.78, 5) is 43.9. The first-order chi connectivity index (χ1) is 21.1. The number of carbonyl (C=O) groups is 3. The Morgan fingerprint density at radius 2 is 1.60 bits per heavy atom. The predicted octanol–water partition coefficient (Wildman–Crippen LogP) is 2.31. The van der Waals surface area contributed by atoms with Crippen molar-refractivity contribution in [3.05, 3.63) is 58.7 Å². The van der Waals surface area contributed by atoms with Crippen LogP contribution < -0.4 is 20.3 Å². The molecule has 45 heavy (non-hydrogen) atoms. The van der Waals surface area contributed by atoms with Gasteiger partial charge in [0.05, 0.1) is 19.0 Å². The van der Waals surface area contributed by atoms with Crippen LogP contribution in [0, 0.1) is 13.8 Å². The average Bonchev–Trinajstić information content (AvgIpc) is 3.39. The fourth-order valence-electron chi connectivity index (χ4n) is 6.28. The molecular formula is C29H30F3N5O7S. The number of aryl methyl sites for hydroxylation is 2. The molecule has 12 nitrogen and oxygen atoms in total. The number of amidine groups is 1. The molecule has 2 spiro atoms. The van der Waals surface area contributed by atoms with E-state index in [1.807, 2.05) is 13.8 Å². The van der Waals surface area contributed by atoms with Gasteiger partial charge in [-0.15, -0.1) is 13.2 Å². The van der Waals surface area contributed by atoms with Gasteiger partial charge in [0.25, 0.3) is 11.8 Å². The van der Waals surface area contributed by atoms with Gasteiger partial charge in [0.2, 0.25) is 10.0 Å². The van der Waals surface area contributed by atoms with Gasteiger partial charge in [0.15, 0.2) is 5.54 Å². The number of sulfonamides is 1. The Kier molecular flexibility index (Phi) is 7.44. The van der Waals surface area contributed by atoms with Crippen LogP contribution in [-0.4, -0.2) is 85.9 Å². The third-order valence-corrected chi connectivity index (χ3v) is 10.7. The van der Waals surface area contributed by atoms with Gasteiger partial charge < -0.3 is 14.8 Å². The van der Waals surface area contributed by atoms with Gasteiger partial charge in [-0.3, -0.25) is 24.8 Å². The Balaban J connectivity index is 1.10. The topological polar surface area (TPSA) is 147 Å². The van der Waals surface area contributed by atoms with E-state index in [1.54, 1.807) is 12.1 Å². The minimum atomic E-state index is -4.83. The lowest BCUT2D eigenvalue weighted by molar-refractivity contribution is -0.274. The average molecular weight is 650 g/mol. The molecule has 4 aliphatic heterocycles. The second-order valence-electron chi connectivity index (χ2n) is 11.7. The van der Waals surface area contributed by atoms with Crippen molar-refractivity contribution < 1.29 is 45.4 Å². The highest BCUT2D eigenvalue weighted by Crippen LogP contribution is 2.37. The van der Waals surface area contributed by atoms with Crippen molar-refractivity contribution in [3.63, 3.8) is 0 Å². The molecule has 4 amide bonds. The predicted molar refractivity (Wildman–Crippen MR) is 154 cm³/mol. The molecule has 0 atom stereocenters. The lowest BCUT2D eigenvalue weighted by Gasteiger charge is -2.41. The number of halogens is 3. The molecular weight excluding hydrogens is 619 g/mol. The number of imide groups is 1. The summed E-state index contributed by atoms with van der Waals surface area (Å²) >= 11 is 0. The minimum absolute atomic E-state index is 0.0735. The SMILES string of the molecule is Cc1cc(N2C(=O)NC(=O)C23COC3)cc(C)c1CCS(=O)(=O)N1CCC2(CC1)N=C(c1ccc(OC(F)(F)F)cc1)NC2=O. The summed E-state index contributed by atoms with van der Waals surface area (Å²) < 4.78 is 74.6. The smallest absolute Gasteiger partial charge is 0.406 e. The van der Waals surface area contributed by atoms with Crippen molar-refractivity contribution in [2.75, 3.05) is 37.0 Å². The zero-order chi connectivity index (χ0) is 32.4. The highest BCUT2D eigenvalue weighted by atomic mass is 32.2. The highest BCUT2D eigenvalue weighted by molar-refractivity contribution is 7.89. The van der Waals surface area contributed by atoms with Crippen LogP contribution in [0.2, 0.25) is 0 Å².